The highest BCUT2D eigenvalue weighted by Crippen LogP contribution is 2.52. The molecular weight excluding hydrogens is 456 g/mol. The van der Waals surface area contributed by atoms with Crippen LogP contribution in [0, 0.1) is 6.92 Å². The fourth-order valence-corrected chi connectivity index (χ4v) is 6.06. The first-order valence-corrected chi connectivity index (χ1v) is 12.3. The maximum Gasteiger partial charge on any atom is 0.272 e. The van der Waals surface area contributed by atoms with E-state index >= 15 is 0 Å². The Balaban J connectivity index is 1.42. The highest BCUT2D eigenvalue weighted by atomic mass is 16.5. The number of piperidine rings is 1. The number of benzene rings is 2. The van der Waals surface area contributed by atoms with Crippen molar-refractivity contribution < 1.29 is 19.1 Å². The topological polar surface area (TPSA) is 85.7 Å². The van der Waals surface area contributed by atoms with Gasteiger partial charge in [0.2, 0.25) is 0 Å². The average molecular weight is 489 g/mol. The minimum Gasteiger partial charge on any atom is -0.496 e. The van der Waals surface area contributed by atoms with Crippen LogP contribution in [0.15, 0.2) is 54.6 Å². The molecule has 1 spiro atoms. The molecule has 1 fully saturated rings. The highest BCUT2D eigenvalue weighted by Gasteiger charge is 2.54. The van der Waals surface area contributed by atoms with Crippen molar-refractivity contribution in [3.63, 3.8) is 0 Å². The summed E-state index contributed by atoms with van der Waals surface area (Å²) in [5.41, 5.74) is 3.86. The van der Waals surface area contributed by atoms with E-state index in [-0.39, 0.29) is 29.4 Å². The van der Waals surface area contributed by atoms with Gasteiger partial charge in [0, 0.05) is 32.7 Å². The van der Waals surface area contributed by atoms with Gasteiger partial charge in [-0.15, -0.1) is 0 Å². The van der Waals surface area contributed by atoms with Gasteiger partial charge < -0.3 is 19.7 Å². The molecule has 5 rings (SSSR count). The van der Waals surface area contributed by atoms with E-state index < -0.39 is 0 Å². The third kappa shape index (κ3) is 3.86. The Bertz CT molecular complexity index is 1290. The molecule has 1 N–H and O–H groups in total. The van der Waals surface area contributed by atoms with Crippen molar-refractivity contribution in [2.75, 3.05) is 27.3 Å². The van der Waals surface area contributed by atoms with Gasteiger partial charge >= 0.3 is 0 Å². The average Bonchev–Trinajstić information content (AvgIpc) is 3.37. The summed E-state index contributed by atoms with van der Waals surface area (Å²) in [6.07, 6.45) is 1.22. The summed E-state index contributed by atoms with van der Waals surface area (Å²) >= 11 is 0. The number of ether oxygens (including phenoxy) is 2. The minimum absolute atomic E-state index is 0.00535. The van der Waals surface area contributed by atoms with Crippen LogP contribution < -0.4 is 10.1 Å². The van der Waals surface area contributed by atoms with E-state index in [2.05, 4.69) is 22.5 Å². The Morgan fingerprint density at radius 3 is 2.42 bits per heavy atom. The third-order valence-electron chi connectivity index (χ3n) is 7.74. The van der Waals surface area contributed by atoms with E-state index in [1.807, 2.05) is 42.2 Å². The maximum absolute atomic E-state index is 13.3. The predicted octanol–water partition coefficient (Wildman–Crippen LogP) is 3.41. The van der Waals surface area contributed by atoms with Crippen LogP contribution in [-0.4, -0.2) is 59.9 Å². The molecule has 1 aliphatic carbocycles. The van der Waals surface area contributed by atoms with Crippen LogP contribution >= 0.6 is 0 Å². The van der Waals surface area contributed by atoms with E-state index in [4.69, 9.17) is 9.47 Å². The van der Waals surface area contributed by atoms with Crippen LogP contribution in [0.4, 0.5) is 0 Å². The van der Waals surface area contributed by atoms with Crippen molar-refractivity contribution in [3.8, 4) is 5.75 Å². The fraction of sp³-hybridized carbons (Fsp3) is 0.393. The number of nitrogens with one attached hydrogen (secondary N) is 1. The zero-order valence-electron chi connectivity index (χ0n) is 21.2. The summed E-state index contributed by atoms with van der Waals surface area (Å²) in [7, 11) is 5.07. The molecule has 0 unspecified atom stereocenters. The van der Waals surface area contributed by atoms with Crippen LogP contribution in [0.3, 0.4) is 0 Å². The summed E-state index contributed by atoms with van der Waals surface area (Å²) in [6, 6.07) is 17.0. The monoisotopic (exact) mass is 488 g/mol. The Morgan fingerprint density at radius 2 is 1.75 bits per heavy atom. The number of hydrogen-bond acceptors (Lipinski definition) is 5. The lowest BCUT2D eigenvalue weighted by molar-refractivity contribution is -0.00944. The molecule has 1 saturated heterocycles. The standard InChI is InChI=1S/C28H32N4O4/c1-18-17-22(31(2)30-18)27(34)32-15-13-28(14-16-32)21-11-7-5-9-19(21)24(25(28)36-4)29-26(33)20-10-6-8-12-23(20)35-3/h5-12,17,24-25H,13-16H2,1-4H3,(H,29,33)/t24-,25+/m1/s1. The molecule has 8 heteroatoms. The number of rotatable bonds is 5. The van der Waals surface area contributed by atoms with Crippen molar-refractivity contribution >= 4 is 11.8 Å². The van der Waals surface area contributed by atoms with E-state index in [9.17, 15) is 9.59 Å². The normalized spacial score (nSPS) is 20.3. The van der Waals surface area contributed by atoms with Gasteiger partial charge in [-0.05, 0) is 49.1 Å². The number of methoxy groups -OCH3 is 2. The fourth-order valence-electron chi connectivity index (χ4n) is 6.06. The number of para-hydroxylation sites is 1. The molecule has 1 aromatic heterocycles. The molecule has 36 heavy (non-hydrogen) atoms. The van der Waals surface area contributed by atoms with Crippen molar-refractivity contribution in [2.45, 2.75) is 37.3 Å². The SMILES string of the molecule is COc1ccccc1C(=O)N[C@@H]1c2ccccc2C2(CCN(C(=O)c3cc(C)nn3C)CC2)[C@H]1OC. The van der Waals surface area contributed by atoms with E-state index in [0.717, 1.165) is 24.1 Å². The maximum atomic E-state index is 13.3. The second-order valence-electron chi connectivity index (χ2n) is 9.64. The summed E-state index contributed by atoms with van der Waals surface area (Å²) in [4.78, 5) is 28.5. The number of amides is 2. The Hall–Kier alpha value is -3.65. The smallest absolute Gasteiger partial charge is 0.272 e. The number of nitrogens with zero attached hydrogens (tertiary/aromatic N) is 3. The Labute approximate surface area is 211 Å². The van der Waals surface area contributed by atoms with Gasteiger partial charge in [-0.25, -0.2) is 0 Å². The molecule has 2 atom stereocenters. The van der Waals surface area contributed by atoms with Crippen LogP contribution in [-0.2, 0) is 17.2 Å². The summed E-state index contributed by atoms with van der Waals surface area (Å²) < 4.78 is 13.2. The van der Waals surface area contributed by atoms with Crippen LogP contribution in [0.2, 0.25) is 0 Å². The molecule has 2 amide bonds. The van der Waals surface area contributed by atoms with Crippen LogP contribution in [0.25, 0.3) is 0 Å². The lowest BCUT2D eigenvalue weighted by Gasteiger charge is -2.44. The predicted molar refractivity (Wildman–Crippen MR) is 135 cm³/mol. The Kier molecular flexibility index (Phi) is 6.30. The number of fused-ring (bicyclic) bond motifs is 2. The molecule has 0 radical (unpaired) electrons. The van der Waals surface area contributed by atoms with Crippen molar-refractivity contribution in [1.29, 1.82) is 0 Å². The molecule has 3 aromatic rings. The van der Waals surface area contributed by atoms with Gasteiger partial charge in [0.25, 0.3) is 11.8 Å². The number of carbonyl (C=O) groups is 2. The molecule has 0 bridgehead atoms. The molecule has 2 aromatic carbocycles. The van der Waals surface area contributed by atoms with Crippen molar-refractivity contribution in [1.82, 2.24) is 20.0 Å². The number of carbonyl (C=O) groups excluding carboxylic acids is 2. The summed E-state index contributed by atoms with van der Waals surface area (Å²) in [5.74, 6) is 0.321. The van der Waals surface area contributed by atoms with Gasteiger partial charge in [0.1, 0.15) is 11.4 Å². The summed E-state index contributed by atoms with van der Waals surface area (Å²) in [5, 5.41) is 7.56. The molecule has 188 valence electrons. The first-order valence-electron chi connectivity index (χ1n) is 12.3. The van der Waals surface area contributed by atoms with Gasteiger partial charge in [0.15, 0.2) is 0 Å². The van der Waals surface area contributed by atoms with Gasteiger partial charge in [-0.1, -0.05) is 36.4 Å². The molecule has 2 aliphatic rings. The van der Waals surface area contributed by atoms with E-state index in [1.54, 1.807) is 38.1 Å². The van der Waals surface area contributed by atoms with Crippen molar-refractivity contribution in [2.24, 2.45) is 7.05 Å². The first-order chi connectivity index (χ1) is 17.4. The quantitative estimate of drug-likeness (QED) is 0.595. The molecule has 8 nitrogen and oxygen atoms in total. The Morgan fingerprint density at radius 1 is 1.06 bits per heavy atom. The largest absolute Gasteiger partial charge is 0.496 e. The number of aryl methyl sites for hydroxylation is 2. The zero-order valence-corrected chi connectivity index (χ0v) is 21.2. The van der Waals surface area contributed by atoms with E-state index in [0.29, 0.717) is 30.1 Å². The van der Waals surface area contributed by atoms with Gasteiger partial charge in [-0.2, -0.15) is 5.10 Å². The molecule has 0 saturated carbocycles. The third-order valence-corrected chi connectivity index (χ3v) is 7.74. The van der Waals surface area contributed by atoms with Gasteiger partial charge in [0.05, 0.1) is 30.5 Å². The lowest BCUT2D eigenvalue weighted by atomic mass is 9.71. The lowest BCUT2D eigenvalue weighted by Crippen LogP contribution is -2.51. The minimum atomic E-state index is -0.314. The number of aromatic nitrogens is 2. The zero-order chi connectivity index (χ0) is 25.4. The second kappa shape index (κ2) is 9.43. The highest BCUT2D eigenvalue weighted by molar-refractivity contribution is 5.97. The number of hydrogen-bond donors (Lipinski definition) is 1. The molecule has 2 heterocycles. The first kappa shape index (κ1) is 24.1. The summed E-state index contributed by atoms with van der Waals surface area (Å²) in [6.45, 7) is 3.09. The van der Waals surface area contributed by atoms with Crippen LogP contribution in [0.5, 0.6) is 5.75 Å². The molecule has 1 aliphatic heterocycles. The van der Waals surface area contributed by atoms with Crippen molar-refractivity contribution in [3.05, 3.63) is 82.7 Å². The van der Waals surface area contributed by atoms with Gasteiger partial charge in [-0.3, -0.25) is 14.3 Å². The second-order valence-corrected chi connectivity index (χ2v) is 9.64. The van der Waals surface area contributed by atoms with Crippen LogP contribution in [0.1, 0.15) is 56.6 Å². The van der Waals surface area contributed by atoms with E-state index in [1.165, 1.54) is 5.56 Å². The molecular formula is C28H32N4O4. The number of likely N-dealkylation sites (tertiary alicyclic amines) is 1.